The van der Waals surface area contributed by atoms with Gasteiger partial charge in [0.05, 0.1) is 4.91 Å². The van der Waals surface area contributed by atoms with Crippen LogP contribution < -0.4 is 0 Å². The summed E-state index contributed by atoms with van der Waals surface area (Å²) in [5, 5.41) is 9.24. The first kappa shape index (κ1) is 14.1. The molecule has 1 aliphatic rings. The molecule has 1 fully saturated rings. The van der Waals surface area contributed by atoms with Gasteiger partial charge >= 0.3 is 0 Å². The maximum Gasteiger partial charge on any atom is 0.266 e. The van der Waals surface area contributed by atoms with Gasteiger partial charge in [0, 0.05) is 6.04 Å². The van der Waals surface area contributed by atoms with E-state index in [0.29, 0.717) is 9.23 Å². The molecule has 0 aromatic heterocycles. The average molecular weight is 293 g/mol. The van der Waals surface area contributed by atoms with Gasteiger partial charge in [0.25, 0.3) is 5.91 Å². The van der Waals surface area contributed by atoms with Crippen molar-refractivity contribution in [3.63, 3.8) is 0 Å². The predicted octanol–water partition coefficient (Wildman–Crippen LogP) is 3.39. The van der Waals surface area contributed by atoms with Crippen molar-refractivity contribution in [2.75, 3.05) is 0 Å². The fourth-order valence-electron chi connectivity index (χ4n) is 1.76. The van der Waals surface area contributed by atoms with Crippen molar-refractivity contribution in [3.05, 3.63) is 34.7 Å². The molecular weight excluding hydrogens is 278 g/mol. The molecule has 0 spiro atoms. The van der Waals surface area contributed by atoms with Gasteiger partial charge in [-0.3, -0.25) is 9.69 Å². The second-order valence-electron chi connectivity index (χ2n) is 4.40. The summed E-state index contributed by atoms with van der Waals surface area (Å²) in [4.78, 5) is 14.6. The number of benzene rings is 1. The minimum absolute atomic E-state index is 0.0302. The first-order chi connectivity index (χ1) is 9.02. The Kier molecular flexibility index (Phi) is 4.27. The van der Waals surface area contributed by atoms with E-state index in [1.165, 1.54) is 11.8 Å². The van der Waals surface area contributed by atoms with E-state index in [1.807, 2.05) is 13.8 Å². The number of aromatic hydroxyl groups is 1. The molecule has 100 valence electrons. The van der Waals surface area contributed by atoms with Crippen LogP contribution >= 0.6 is 24.0 Å². The quantitative estimate of drug-likeness (QED) is 0.685. The fraction of sp³-hybridized carbons (Fsp3) is 0.286. The van der Waals surface area contributed by atoms with E-state index in [1.54, 1.807) is 35.2 Å². The molecule has 0 bridgehead atoms. The van der Waals surface area contributed by atoms with E-state index < -0.39 is 0 Å². The standard InChI is InChI=1S/C14H15NO2S2/c1-3-9(2)15-13(17)12(19-14(15)18)8-10-4-6-11(16)7-5-10/h4-9,16H,3H2,1-2H3. The Balaban J connectivity index is 2.25. The van der Waals surface area contributed by atoms with Crippen LogP contribution in [0, 0.1) is 0 Å². The zero-order valence-electron chi connectivity index (χ0n) is 10.8. The molecule has 5 heteroatoms. The summed E-state index contributed by atoms with van der Waals surface area (Å²) in [6.07, 6.45) is 2.68. The average Bonchev–Trinajstić information content (AvgIpc) is 2.66. The molecule has 1 unspecified atom stereocenters. The number of nitrogens with zero attached hydrogens (tertiary/aromatic N) is 1. The summed E-state index contributed by atoms with van der Waals surface area (Å²) in [6.45, 7) is 4.03. The van der Waals surface area contributed by atoms with Crippen molar-refractivity contribution in [1.29, 1.82) is 0 Å². The topological polar surface area (TPSA) is 40.5 Å². The Morgan fingerprint density at radius 1 is 1.42 bits per heavy atom. The van der Waals surface area contributed by atoms with Gasteiger partial charge in [-0.15, -0.1) is 0 Å². The highest BCUT2D eigenvalue weighted by atomic mass is 32.2. The first-order valence-electron chi connectivity index (χ1n) is 6.09. The third-order valence-electron chi connectivity index (χ3n) is 3.05. The van der Waals surface area contributed by atoms with Crippen molar-refractivity contribution >= 4 is 40.3 Å². The van der Waals surface area contributed by atoms with Crippen molar-refractivity contribution in [2.24, 2.45) is 0 Å². The number of thiocarbonyl (C=S) groups is 1. The molecule has 1 amide bonds. The van der Waals surface area contributed by atoms with Crippen LogP contribution in [0.25, 0.3) is 6.08 Å². The number of carbonyl (C=O) groups excluding carboxylic acids is 1. The smallest absolute Gasteiger partial charge is 0.266 e. The normalized spacial score (nSPS) is 19.3. The van der Waals surface area contributed by atoms with Gasteiger partial charge in [0.15, 0.2) is 0 Å². The predicted molar refractivity (Wildman–Crippen MR) is 82.9 cm³/mol. The second kappa shape index (κ2) is 5.75. The number of carbonyl (C=O) groups is 1. The molecule has 1 atom stereocenters. The van der Waals surface area contributed by atoms with Gasteiger partial charge in [-0.1, -0.05) is 43.0 Å². The van der Waals surface area contributed by atoms with Crippen LogP contribution in [-0.4, -0.2) is 26.3 Å². The van der Waals surface area contributed by atoms with Crippen molar-refractivity contribution in [3.8, 4) is 5.75 Å². The van der Waals surface area contributed by atoms with Crippen LogP contribution in [-0.2, 0) is 4.79 Å². The molecule has 1 N–H and O–H groups in total. The summed E-state index contributed by atoms with van der Waals surface area (Å²) < 4.78 is 0.615. The van der Waals surface area contributed by atoms with Gasteiger partial charge in [0.1, 0.15) is 10.1 Å². The highest BCUT2D eigenvalue weighted by molar-refractivity contribution is 8.26. The monoisotopic (exact) mass is 293 g/mol. The highest BCUT2D eigenvalue weighted by Gasteiger charge is 2.34. The van der Waals surface area contributed by atoms with Crippen LogP contribution in [0.3, 0.4) is 0 Å². The number of hydrogen-bond acceptors (Lipinski definition) is 4. The molecular formula is C14H15NO2S2. The SMILES string of the molecule is CCC(C)N1C(=O)C(=Cc2ccc(O)cc2)SC1=S. The summed E-state index contributed by atoms with van der Waals surface area (Å²) in [7, 11) is 0. The summed E-state index contributed by atoms with van der Waals surface area (Å²) in [6, 6.07) is 6.86. The van der Waals surface area contributed by atoms with Gasteiger partial charge in [-0.25, -0.2) is 0 Å². The van der Waals surface area contributed by atoms with Gasteiger partial charge in [-0.2, -0.15) is 0 Å². The van der Waals surface area contributed by atoms with E-state index in [-0.39, 0.29) is 17.7 Å². The minimum Gasteiger partial charge on any atom is -0.508 e. The van der Waals surface area contributed by atoms with Gasteiger partial charge in [0.2, 0.25) is 0 Å². The number of thioether (sulfide) groups is 1. The number of phenolic OH excluding ortho intramolecular Hbond substituents is 1. The van der Waals surface area contributed by atoms with Gasteiger partial charge < -0.3 is 5.11 Å². The molecule has 1 saturated heterocycles. The van der Waals surface area contributed by atoms with Crippen LogP contribution in [0.15, 0.2) is 29.2 Å². The summed E-state index contributed by atoms with van der Waals surface area (Å²) in [5.74, 6) is 0.182. The second-order valence-corrected chi connectivity index (χ2v) is 6.08. The third kappa shape index (κ3) is 2.98. The Morgan fingerprint density at radius 2 is 2.05 bits per heavy atom. The Hall–Kier alpha value is -1.33. The lowest BCUT2D eigenvalue weighted by Crippen LogP contribution is -2.36. The summed E-state index contributed by atoms with van der Waals surface area (Å²) in [5.41, 5.74) is 0.877. The summed E-state index contributed by atoms with van der Waals surface area (Å²) >= 11 is 6.59. The molecule has 1 aromatic carbocycles. The maximum absolute atomic E-state index is 12.3. The van der Waals surface area contributed by atoms with Crippen LogP contribution in [0.4, 0.5) is 0 Å². The molecule has 19 heavy (non-hydrogen) atoms. The van der Waals surface area contributed by atoms with E-state index in [0.717, 1.165) is 12.0 Å². The largest absolute Gasteiger partial charge is 0.508 e. The lowest BCUT2D eigenvalue weighted by atomic mass is 10.2. The third-order valence-corrected chi connectivity index (χ3v) is 4.38. The van der Waals surface area contributed by atoms with Crippen LogP contribution in [0.2, 0.25) is 0 Å². The van der Waals surface area contributed by atoms with Crippen molar-refractivity contribution < 1.29 is 9.90 Å². The lowest BCUT2D eigenvalue weighted by molar-refractivity contribution is -0.123. The number of hydrogen-bond donors (Lipinski definition) is 1. The number of amides is 1. The molecule has 0 radical (unpaired) electrons. The minimum atomic E-state index is -0.0302. The lowest BCUT2D eigenvalue weighted by Gasteiger charge is -2.21. The first-order valence-corrected chi connectivity index (χ1v) is 7.31. The van der Waals surface area contributed by atoms with Crippen molar-refractivity contribution in [2.45, 2.75) is 26.3 Å². The Bertz CT molecular complexity index is 537. The van der Waals surface area contributed by atoms with Gasteiger partial charge in [-0.05, 0) is 37.1 Å². The number of phenols is 1. The molecule has 3 nitrogen and oxygen atoms in total. The fourth-order valence-corrected chi connectivity index (χ4v) is 3.23. The Labute approximate surface area is 122 Å². The molecule has 1 aliphatic heterocycles. The molecule has 1 heterocycles. The molecule has 0 aliphatic carbocycles. The molecule has 1 aromatic rings. The van der Waals surface area contributed by atoms with E-state index >= 15 is 0 Å². The van der Waals surface area contributed by atoms with E-state index in [2.05, 4.69) is 0 Å². The van der Waals surface area contributed by atoms with Crippen molar-refractivity contribution in [1.82, 2.24) is 4.90 Å². The zero-order valence-corrected chi connectivity index (χ0v) is 12.4. The van der Waals surface area contributed by atoms with Crippen LogP contribution in [0.1, 0.15) is 25.8 Å². The van der Waals surface area contributed by atoms with Crippen LogP contribution in [0.5, 0.6) is 5.75 Å². The highest BCUT2D eigenvalue weighted by Crippen LogP contribution is 2.34. The molecule has 2 rings (SSSR count). The van der Waals surface area contributed by atoms with E-state index in [4.69, 9.17) is 12.2 Å². The Morgan fingerprint density at radius 3 is 2.63 bits per heavy atom. The zero-order chi connectivity index (χ0) is 14.0. The molecule has 0 saturated carbocycles. The number of rotatable bonds is 3. The van der Waals surface area contributed by atoms with E-state index in [9.17, 15) is 9.90 Å². The maximum atomic E-state index is 12.3.